The van der Waals surface area contributed by atoms with Gasteiger partial charge in [0.1, 0.15) is 12.6 Å². The van der Waals surface area contributed by atoms with Crippen LogP contribution in [0.3, 0.4) is 0 Å². The summed E-state index contributed by atoms with van der Waals surface area (Å²) in [7, 11) is 1.76. The molecule has 1 saturated heterocycles. The number of rotatable bonds is 4. The molecule has 0 unspecified atom stereocenters. The van der Waals surface area contributed by atoms with Gasteiger partial charge in [0.25, 0.3) is 0 Å². The number of nitrogens with zero attached hydrogens (tertiary/aromatic N) is 2. The van der Waals surface area contributed by atoms with Crippen LogP contribution in [-0.4, -0.2) is 36.5 Å². The van der Waals surface area contributed by atoms with E-state index in [4.69, 9.17) is 4.74 Å². The van der Waals surface area contributed by atoms with E-state index in [1.807, 2.05) is 72.8 Å². The number of fused-ring (bicyclic) bond motifs is 1. The van der Waals surface area contributed by atoms with Crippen molar-refractivity contribution in [2.24, 2.45) is 0 Å². The number of ether oxygens (including phenoxy) is 1. The Hall–Kier alpha value is -3.34. The first-order valence-electron chi connectivity index (χ1n) is 9.87. The molecular formula is C24H24N2O3. The van der Waals surface area contributed by atoms with Crippen molar-refractivity contribution in [2.45, 2.75) is 25.5 Å². The molecule has 0 spiro atoms. The van der Waals surface area contributed by atoms with Gasteiger partial charge in [0.15, 0.2) is 0 Å². The Morgan fingerprint density at radius 1 is 1.00 bits per heavy atom. The van der Waals surface area contributed by atoms with Crippen LogP contribution in [-0.2, 0) is 16.1 Å². The zero-order chi connectivity index (χ0) is 20.2. The van der Waals surface area contributed by atoms with Crippen LogP contribution < -0.4 is 4.90 Å². The molecule has 5 heteroatoms. The normalized spacial score (nSPS) is 16.0. The fraction of sp³-hybridized carbons (Fsp3) is 0.250. The molecule has 0 bridgehead atoms. The standard InChI is InChI=1S/C24H24N2O3/c1-25(21-14-13-19-10-5-6-11-20(19)16-21)23(27)22-12-7-15-26(22)24(28)29-17-18-8-3-2-4-9-18/h2-6,8-11,13-14,16,22H,7,12,15,17H2,1H3/t22-/m0/s1. The monoisotopic (exact) mass is 388 g/mol. The molecule has 2 amide bonds. The summed E-state index contributed by atoms with van der Waals surface area (Å²) >= 11 is 0. The summed E-state index contributed by atoms with van der Waals surface area (Å²) in [5, 5.41) is 2.21. The molecule has 1 aliphatic heterocycles. The lowest BCUT2D eigenvalue weighted by atomic mass is 10.1. The first-order valence-corrected chi connectivity index (χ1v) is 9.87. The summed E-state index contributed by atoms with van der Waals surface area (Å²) in [6.45, 7) is 0.743. The summed E-state index contributed by atoms with van der Waals surface area (Å²) < 4.78 is 5.45. The minimum absolute atomic E-state index is 0.0885. The van der Waals surface area contributed by atoms with Gasteiger partial charge in [-0.15, -0.1) is 0 Å². The van der Waals surface area contributed by atoms with Crippen LogP contribution in [0.1, 0.15) is 18.4 Å². The summed E-state index contributed by atoms with van der Waals surface area (Å²) in [5.41, 5.74) is 1.74. The van der Waals surface area contributed by atoms with Crippen LogP contribution in [0.4, 0.5) is 10.5 Å². The zero-order valence-electron chi connectivity index (χ0n) is 16.5. The molecule has 1 fully saturated rings. The second-order valence-corrected chi connectivity index (χ2v) is 7.32. The Labute approximate surface area is 170 Å². The van der Waals surface area contributed by atoms with E-state index < -0.39 is 12.1 Å². The summed E-state index contributed by atoms with van der Waals surface area (Å²) in [4.78, 5) is 28.9. The third kappa shape index (κ3) is 4.09. The van der Waals surface area contributed by atoms with E-state index in [-0.39, 0.29) is 12.5 Å². The minimum Gasteiger partial charge on any atom is -0.445 e. The van der Waals surface area contributed by atoms with Gasteiger partial charge in [-0.1, -0.05) is 60.7 Å². The van der Waals surface area contributed by atoms with E-state index in [0.29, 0.717) is 13.0 Å². The van der Waals surface area contributed by atoms with Crippen LogP contribution >= 0.6 is 0 Å². The first kappa shape index (κ1) is 19.0. The predicted molar refractivity (Wildman–Crippen MR) is 114 cm³/mol. The maximum absolute atomic E-state index is 13.1. The zero-order valence-corrected chi connectivity index (χ0v) is 16.5. The van der Waals surface area contributed by atoms with Crippen molar-refractivity contribution in [3.63, 3.8) is 0 Å². The summed E-state index contributed by atoms with van der Waals surface area (Å²) in [5.74, 6) is -0.0885. The van der Waals surface area contributed by atoms with Gasteiger partial charge in [-0.25, -0.2) is 4.79 Å². The molecule has 5 nitrogen and oxygen atoms in total. The van der Waals surface area contributed by atoms with E-state index in [1.54, 1.807) is 16.8 Å². The van der Waals surface area contributed by atoms with Crippen molar-refractivity contribution in [3.05, 3.63) is 78.4 Å². The molecule has 29 heavy (non-hydrogen) atoms. The third-order valence-electron chi connectivity index (χ3n) is 5.43. The first-order chi connectivity index (χ1) is 14.1. The highest BCUT2D eigenvalue weighted by Crippen LogP contribution is 2.25. The number of likely N-dealkylation sites (N-methyl/N-ethyl adjacent to an activating group) is 1. The average Bonchev–Trinajstić information content (AvgIpc) is 3.27. The lowest BCUT2D eigenvalue weighted by Crippen LogP contribution is -2.46. The van der Waals surface area contributed by atoms with Crippen LogP contribution in [0.25, 0.3) is 10.8 Å². The van der Waals surface area contributed by atoms with Gasteiger partial charge in [-0.2, -0.15) is 0 Å². The number of benzene rings is 3. The van der Waals surface area contributed by atoms with Gasteiger partial charge >= 0.3 is 6.09 Å². The second kappa shape index (κ2) is 8.35. The van der Waals surface area contributed by atoms with Crippen molar-refractivity contribution in [2.75, 3.05) is 18.5 Å². The number of carbonyl (C=O) groups is 2. The molecule has 1 heterocycles. The summed E-state index contributed by atoms with van der Waals surface area (Å²) in [6, 6.07) is 23.1. The SMILES string of the molecule is CN(C(=O)[C@@H]1CCCN1C(=O)OCc1ccccc1)c1ccc2ccccc2c1. The molecule has 148 valence electrons. The molecule has 0 aliphatic carbocycles. The quantitative estimate of drug-likeness (QED) is 0.656. The molecule has 0 radical (unpaired) electrons. The van der Waals surface area contributed by atoms with E-state index in [0.717, 1.165) is 28.4 Å². The Bertz CT molecular complexity index is 1020. The highest BCUT2D eigenvalue weighted by Gasteiger charge is 2.37. The lowest BCUT2D eigenvalue weighted by Gasteiger charge is -2.27. The molecule has 3 aromatic rings. The number of anilines is 1. The maximum atomic E-state index is 13.1. The van der Waals surface area contributed by atoms with E-state index >= 15 is 0 Å². The molecule has 1 aliphatic rings. The van der Waals surface area contributed by atoms with Crippen molar-refractivity contribution in [1.29, 1.82) is 0 Å². The minimum atomic E-state index is -0.491. The highest BCUT2D eigenvalue weighted by molar-refractivity contribution is 6.00. The van der Waals surface area contributed by atoms with E-state index in [2.05, 4.69) is 0 Å². The molecule has 3 aromatic carbocycles. The Balaban J connectivity index is 1.45. The van der Waals surface area contributed by atoms with Crippen molar-refractivity contribution in [1.82, 2.24) is 4.90 Å². The van der Waals surface area contributed by atoms with E-state index in [9.17, 15) is 9.59 Å². The van der Waals surface area contributed by atoms with Crippen LogP contribution in [0, 0.1) is 0 Å². The number of amides is 2. The van der Waals surface area contributed by atoms with Crippen molar-refractivity contribution >= 4 is 28.5 Å². The number of hydrogen-bond donors (Lipinski definition) is 0. The Kier molecular flexibility index (Phi) is 5.47. The Morgan fingerprint density at radius 2 is 1.72 bits per heavy atom. The average molecular weight is 388 g/mol. The van der Waals surface area contributed by atoms with Gasteiger partial charge in [0, 0.05) is 19.3 Å². The Morgan fingerprint density at radius 3 is 2.52 bits per heavy atom. The molecule has 0 aromatic heterocycles. The number of hydrogen-bond acceptors (Lipinski definition) is 3. The summed E-state index contributed by atoms with van der Waals surface area (Å²) in [6.07, 6.45) is 1.01. The number of carbonyl (C=O) groups excluding carboxylic acids is 2. The van der Waals surface area contributed by atoms with Gasteiger partial charge < -0.3 is 9.64 Å². The number of likely N-dealkylation sites (tertiary alicyclic amines) is 1. The van der Waals surface area contributed by atoms with Gasteiger partial charge in [0.2, 0.25) is 5.91 Å². The van der Waals surface area contributed by atoms with Gasteiger partial charge in [-0.3, -0.25) is 9.69 Å². The van der Waals surface area contributed by atoms with Crippen molar-refractivity contribution < 1.29 is 14.3 Å². The van der Waals surface area contributed by atoms with Crippen molar-refractivity contribution in [3.8, 4) is 0 Å². The van der Waals surface area contributed by atoms with Crippen LogP contribution in [0.2, 0.25) is 0 Å². The molecular weight excluding hydrogens is 364 g/mol. The van der Waals surface area contributed by atoms with Gasteiger partial charge in [0.05, 0.1) is 0 Å². The van der Waals surface area contributed by atoms with Gasteiger partial charge in [-0.05, 0) is 41.3 Å². The largest absolute Gasteiger partial charge is 0.445 e. The predicted octanol–water partition coefficient (Wildman–Crippen LogP) is 4.60. The fourth-order valence-corrected chi connectivity index (χ4v) is 3.78. The van der Waals surface area contributed by atoms with E-state index in [1.165, 1.54) is 0 Å². The second-order valence-electron chi connectivity index (χ2n) is 7.32. The third-order valence-corrected chi connectivity index (χ3v) is 5.43. The lowest BCUT2D eigenvalue weighted by molar-refractivity contribution is -0.122. The molecule has 0 saturated carbocycles. The molecule has 1 atom stereocenters. The van der Waals surface area contributed by atoms with Crippen LogP contribution in [0.15, 0.2) is 72.8 Å². The topological polar surface area (TPSA) is 49.9 Å². The smallest absolute Gasteiger partial charge is 0.410 e. The molecule has 4 rings (SSSR count). The highest BCUT2D eigenvalue weighted by atomic mass is 16.6. The molecule has 0 N–H and O–H groups in total. The fourth-order valence-electron chi connectivity index (χ4n) is 3.78. The maximum Gasteiger partial charge on any atom is 0.410 e. The van der Waals surface area contributed by atoms with Crippen LogP contribution in [0.5, 0.6) is 0 Å².